The maximum Gasteiger partial charge on any atom is 0.253 e. The lowest BCUT2D eigenvalue weighted by Crippen LogP contribution is -2.41. The van der Waals surface area contributed by atoms with Gasteiger partial charge in [0.1, 0.15) is 17.7 Å². The molecule has 0 radical (unpaired) electrons. The molecule has 3 aromatic carbocycles. The summed E-state index contributed by atoms with van der Waals surface area (Å²) in [6.07, 6.45) is -0.892. The van der Waals surface area contributed by atoms with E-state index in [1.807, 2.05) is 13.8 Å². The van der Waals surface area contributed by atoms with Crippen molar-refractivity contribution in [2.24, 2.45) is 0 Å². The van der Waals surface area contributed by atoms with E-state index >= 15 is 0 Å². The van der Waals surface area contributed by atoms with Gasteiger partial charge in [-0.2, -0.15) is 0 Å². The smallest absolute Gasteiger partial charge is 0.253 e. The topological polar surface area (TPSA) is 95.1 Å². The van der Waals surface area contributed by atoms with Crippen LogP contribution in [0.25, 0.3) is 0 Å². The van der Waals surface area contributed by atoms with Crippen LogP contribution in [-0.4, -0.2) is 39.2 Å². The first-order chi connectivity index (χ1) is 16.8. The SMILES string of the molecule is COc1ccc(C(=O)NC(NC(=O)c2ccc(OC)cc2)c2ccc(OC(C)C)c(OC)c2)cc1. The molecule has 35 heavy (non-hydrogen) atoms. The molecule has 3 rings (SSSR count). The molecule has 8 heteroatoms. The molecule has 0 aliphatic rings. The highest BCUT2D eigenvalue weighted by molar-refractivity contribution is 5.97. The van der Waals surface area contributed by atoms with Crippen molar-refractivity contribution in [3.63, 3.8) is 0 Å². The van der Waals surface area contributed by atoms with Gasteiger partial charge >= 0.3 is 0 Å². The molecule has 0 saturated heterocycles. The lowest BCUT2D eigenvalue weighted by atomic mass is 10.1. The van der Waals surface area contributed by atoms with E-state index < -0.39 is 6.17 Å². The maximum absolute atomic E-state index is 13.0. The van der Waals surface area contributed by atoms with Gasteiger partial charge in [-0.3, -0.25) is 9.59 Å². The lowest BCUT2D eigenvalue weighted by molar-refractivity contribution is 0.0883. The zero-order valence-electron chi connectivity index (χ0n) is 20.5. The van der Waals surface area contributed by atoms with Gasteiger partial charge in [-0.25, -0.2) is 0 Å². The Labute approximate surface area is 205 Å². The zero-order valence-corrected chi connectivity index (χ0v) is 20.5. The van der Waals surface area contributed by atoms with E-state index in [4.69, 9.17) is 18.9 Å². The summed E-state index contributed by atoms with van der Waals surface area (Å²) < 4.78 is 21.6. The van der Waals surface area contributed by atoms with Crippen LogP contribution in [0.4, 0.5) is 0 Å². The molecule has 2 N–H and O–H groups in total. The third kappa shape index (κ3) is 6.66. The highest BCUT2D eigenvalue weighted by Crippen LogP contribution is 2.31. The summed E-state index contributed by atoms with van der Waals surface area (Å²) in [5.41, 5.74) is 1.45. The normalized spacial score (nSPS) is 10.6. The fourth-order valence-electron chi connectivity index (χ4n) is 3.33. The Hall–Kier alpha value is -4.20. The average Bonchev–Trinajstić information content (AvgIpc) is 2.88. The van der Waals surface area contributed by atoms with E-state index in [0.29, 0.717) is 39.7 Å². The first-order valence-electron chi connectivity index (χ1n) is 11.1. The van der Waals surface area contributed by atoms with E-state index in [1.54, 1.807) is 80.9 Å². The van der Waals surface area contributed by atoms with Gasteiger partial charge in [0.2, 0.25) is 0 Å². The standard InChI is InChI=1S/C27H30N2O6/c1-17(2)35-23-15-10-20(16-24(23)34-5)25(28-26(30)18-6-11-21(32-3)12-7-18)29-27(31)19-8-13-22(33-4)14-9-19/h6-17,25H,1-5H3,(H,28,30)(H,29,31). The fraction of sp³-hybridized carbons (Fsp3) is 0.259. The number of carbonyl (C=O) groups excluding carboxylic acids is 2. The van der Waals surface area contributed by atoms with Crippen LogP contribution >= 0.6 is 0 Å². The molecule has 0 bridgehead atoms. The van der Waals surface area contributed by atoms with Gasteiger partial charge in [0, 0.05) is 11.1 Å². The number of ether oxygens (including phenoxy) is 4. The first-order valence-corrected chi connectivity index (χ1v) is 11.1. The van der Waals surface area contributed by atoms with Crippen molar-refractivity contribution < 1.29 is 28.5 Å². The van der Waals surface area contributed by atoms with Gasteiger partial charge < -0.3 is 29.6 Å². The quantitative estimate of drug-likeness (QED) is 0.421. The molecular formula is C27H30N2O6. The number of carbonyl (C=O) groups is 2. The lowest BCUT2D eigenvalue weighted by Gasteiger charge is -2.23. The molecule has 8 nitrogen and oxygen atoms in total. The van der Waals surface area contributed by atoms with Crippen LogP contribution in [0.5, 0.6) is 23.0 Å². The molecule has 0 fully saturated rings. The summed E-state index contributed by atoms with van der Waals surface area (Å²) in [6.45, 7) is 3.83. The Kier molecular flexibility index (Phi) is 8.56. The third-order valence-electron chi connectivity index (χ3n) is 5.14. The monoisotopic (exact) mass is 478 g/mol. The molecule has 0 aliphatic carbocycles. The third-order valence-corrected chi connectivity index (χ3v) is 5.14. The van der Waals surface area contributed by atoms with E-state index in [1.165, 1.54) is 7.11 Å². The van der Waals surface area contributed by atoms with Crippen molar-refractivity contribution >= 4 is 11.8 Å². The second-order valence-corrected chi connectivity index (χ2v) is 7.91. The summed E-state index contributed by atoms with van der Waals surface area (Å²) in [6, 6.07) is 18.6. The van der Waals surface area contributed by atoms with Crippen LogP contribution in [0.1, 0.15) is 46.3 Å². The second-order valence-electron chi connectivity index (χ2n) is 7.91. The van der Waals surface area contributed by atoms with E-state index in [2.05, 4.69) is 10.6 Å². The summed E-state index contributed by atoms with van der Waals surface area (Å²) >= 11 is 0. The molecule has 0 heterocycles. The predicted octanol–water partition coefficient (Wildman–Crippen LogP) is 4.36. The minimum atomic E-state index is -0.846. The summed E-state index contributed by atoms with van der Waals surface area (Å²) in [4.78, 5) is 26.0. The van der Waals surface area contributed by atoms with Crippen LogP contribution < -0.4 is 29.6 Å². The second kappa shape index (κ2) is 11.8. The highest BCUT2D eigenvalue weighted by Gasteiger charge is 2.21. The fourth-order valence-corrected chi connectivity index (χ4v) is 3.33. The number of nitrogens with one attached hydrogen (secondary N) is 2. The summed E-state index contributed by atoms with van der Waals surface area (Å²) in [7, 11) is 4.65. The molecule has 3 aromatic rings. The van der Waals surface area contributed by atoms with Gasteiger partial charge in [0.05, 0.1) is 27.4 Å². The van der Waals surface area contributed by atoms with Crippen molar-refractivity contribution in [1.29, 1.82) is 0 Å². The number of rotatable bonds is 10. The van der Waals surface area contributed by atoms with E-state index in [0.717, 1.165) is 0 Å². The first kappa shape index (κ1) is 25.4. The molecule has 0 aliphatic heterocycles. The Morgan fingerprint density at radius 1 is 0.657 bits per heavy atom. The zero-order chi connectivity index (χ0) is 25.4. The minimum Gasteiger partial charge on any atom is -0.497 e. The van der Waals surface area contributed by atoms with E-state index in [9.17, 15) is 9.59 Å². The van der Waals surface area contributed by atoms with Gasteiger partial charge in [0.15, 0.2) is 11.5 Å². The van der Waals surface area contributed by atoms with Gasteiger partial charge in [0.25, 0.3) is 11.8 Å². The van der Waals surface area contributed by atoms with Gasteiger partial charge in [-0.1, -0.05) is 6.07 Å². The van der Waals surface area contributed by atoms with Crippen molar-refractivity contribution in [3.05, 3.63) is 83.4 Å². The maximum atomic E-state index is 13.0. The highest BCUT2D eigenvalue weighted by atomic mass is 16.5. The van der Waals surface area contributed by atoms with Crippen molar-refractivity contribution in [3.8, 4) is 23.0 Å². The van der Waals surface area contributed by atoms with Crippen molar-refractivity contribution in [2.45, 2.75) is 26.1 Å². The number of hydrogen-bond donors (Lipinski definition) is 2. The molecule has 0 saturated carbocycles. The molecule has 184 valence electrons. The number of methoxy groups -OCH3 is 3. The van der Waals surface area contributed by atoms with Gasteiger partial charge in [-0.15, -0.1) is 0 Å². The average molecular weight is 479 g/mol. The Bertz CT molecular complexity index is 1080. The summed E-state index contributed by atoms with van der Waals surface area (Å²) in [5.74, 6) is 1.59. The molecule has 0 unspecified atom stereocenters. The Morgan fingerprint density at radius 3 is 1.54 bits per heavy atom. The molecule has 0 aromatic heterocycles. The van der Waals surface area contributed by atoms with Crippen LogP contribution in [0.15, 0.2) is 66.7 Å². The molecule has 0 spiro atoms. The van der Waals surface area contributed by atoms with Crippen LogP contribution in [-0.2, 0) is 0 Å². The minimum absolute atomic E-state index is 0.0462. The van der Waals surface area contributed by atoms with Gasteiger partial charge in [-0.05, 0) is 80.1 Å². The van der Waals surface area contributed by atoms with Crippen LogP contribution in [0.2, 0.25) is 0 Å². The molecule has 0 atom stereocenters. The van der Waals surface area contributed by atoms with E-state index in [-0.39, 0.29) is 17.9 Å². The van der Waals surface area contributed by atoms with Crippen LogP contribution in [0.3, 0.4) is 0 Å². The predicted molar refractivity (Wildman–Crippen MR) is 132 cm³/mol. The largest absolute Gasteiger partial charge is 0.497 e. The molecular weight excluding hydrogens is 448 g/mol. The number of amides is 2. The number of benzene rings is 3. The molecule has 2 amide bonds. The Balaban J connectivity index is 1.90. The van der Waals surface area contributed by atoms with Crippen LogP contribution in [0, 0.1) is 0 Å². The van der Waals surface area contributed by atoms with Crippen molar-refractivity contribution in [2.75, 3.05) is 21.3 Å². The number of hydrogen-bond acceptors (Lipinski definition) is 6. The summed E-state index contributed by atoms with van der Waals surface area (Å²) in [5, 5.41) is 5.78. The van der Waals surface area contributed by atoms with Crippen molar-refractivity contribution in [1.82, 2.24) is 10.6 Å². The Morgan fingerprint density at radius 2 is 1.14 bits per heavy atom.